The Morgan fingerprint density at radius 2 is 2.00 bits per heavy atom. The van der Waals surface area contributed by atoms with Crippen molar-refractivity contribution in [3.8, 4) is 17.5 Å². The highest BCUT2D eigenvalue weighted by Gasteiger charge is 2.29. The minimum atomic E-state index is -0.193. The maximum atomic E-state index is 13.0. The molecular formula is C25H25N7OS. The second kappa shape index (κ2) is 9.77. The molecule has 4 aromatic rings. The van der Waals surface area contributed by atoms with Crippen LogP contribution in [0.5, 0.6) is 0 Å². The molecule has 172 valence electrons. The molecule has 0 radical (unpaired) electrons. The summed E-state index contributed by atoms with van der Waals surface area (Å²) in [5, 5.41) is 19.7. The van der Waals surface area contributed by atoms with Gasteiger partial charge in [-0.1, -0.05) is 43.7 Å². The van der Waals surface area contributed by atoms with E-state index in [1.54, 1.807) is 12.3 Å². The molecule has 5 rings (SSSR count). The first kappa shape index (κ1) is 22.3. The van der Waals surface area contributed by atoms with Crippen LogP contribution in [0.4, 0.5) is 0 Å². The number of pyridine rings is 1. The van der Waals surface area contributed by atoms with Gasteiger partial charge in [0.1, 0.15) is 12.4 Å². The fourth-order valence-corrected chi connectivity index (χ4v) is 5.67. The first-order chi connectivity index (χ1) is 16.7. The summed E-state index contributed by atoms with van der Waals surface area (Å²) in [7, 11) is 0. The van der Waals surface area contributed by atoms with E-state index in [9.17, 15) is 10.1 Å². The van der Waals surface area contributed by atoms with Crippen LogP contribution in [0.2, 0.25) is 0 Å². The van der Waals surface area contributed by atoms with Crippen LogP contribution in [0.25, 0.3) is 22.3 Å². The number of benzene rings is 1. The van der Waals surface area contributed by atoms with Gasteiger partial charge in [0.05, 0.1) is 22.7 Å². The first-order valence-corrected chi connectivity index (χ1v) is 12.5. The molecule has 34 heavy (non-hydrogen) atoms. The van der Waals surface area contributed by atoms with E-state index in [4.69, 9.17) is 4.98 Å². The number of aromatic nitrogens is 6. The summed E-state index contributed by atoms with van der Waals surface area (Å²) in [6.45, 7) is 2.25. The zero-order chi connectivity index (χ0) is 23.5. The second-order valence-electron chi connectivity index (χ2n) is 8.63. The van der Waals surface area contributed by atoms with Crippen LogP contribution < -0.4 is 5.56 Å². The smallest absolute Gasteiger partial charge is 0.262 e. The van der Waals surface area contributed by atoms with Crippen molar-refractivity contribution in [1.29, 1.82) is 5.26 Å². The highest BCUT2D eigenvalue weighted by Crippen LogP contribution is 2.39. The average molecular weight is 472 g/mol. The number of nitriles is 1. The molecule has 0 amide bonds. The maximum Gasteiger partial charge on any atom is 0.262 e. The van der Waals surface area contributed by atoms with Crippen LogP contribution in [0.1, 0.15) is 44.5 Å². The van der Waals surface area contributed by atoms with Crippen molar-refractivity contribution < 1.29 is 0 Å². The van der Waals surface area contributed by atoms with Crippen molar-refractivity contribution >= 4 is 22.7 Å². The van der Waals surface area contributed by atoms with Crippen LogP contribution in [-0.2, 0) is 12.3 Å². The quantitative estimate of drug-likeness (QED) is 0.378. The van der Waals surface area contributed by atoms with Gasteiger partial charge in [-0.3, -0.25) is 18.9 Å². The van der Waals surface area contributed by atoms with Crippen molar-refractivity contribution in [3.05, 3.63) is 65.0 Å². The van der Waals surface area contributed by atoms with Crippen molar-refractivity contribution in [1.82, 2.24) is 29.3 Å². The van der Waals surface area contributed by atoms with E-state index in [0.717, 1.165) is 23.0 Å². The molecule has 1 aliphatic rings. The SMILES string of the molecule is C[C@H]1CCCC[C@H]1n1c(SCc2nc3ccccc3c(=O)n2CC#N)nnc1-c1cccnc1. The van der Waals surface area contributed by atoms with Crippen LogP contribution >= 0.6 is 11.8 Å². The van der Waals surface area contributed by atoms with Gasteiger partial charge in [0.2, 0.25) is 0 Å². The number of hydrogen-bond acceptors (Lipinski definition) is 7. The highest BCUT2D eigenvalue weighted by atomic mass is 32.2. The normalized spacial score (nSPS) is 18.1. The Bertz CT molecular complexity index is 1410. The van der Waals surface area contributed by atoms with E-state index in [0.29, 0.717) is 34.4 Å². The van der Waals surface area contributed by atoms with Crippen molar-refractivity contribution in [3.63, 3.8) is 0 Å². The molecule has 8 nitrogen and oxygen atoms in total. The molecule has 1 aromatic carbocycles. The molecule has 3 aromatic heterocycles. The molecule has 3 heterocycles. The third-order valence-electron chi connectivity index (χ3n) is 6.48. The summed E-state index contributed by atoms with van der Waals surface area (Å²) in [4.78, 5) is 22.0. The lowest BCUT2D eigenvalue weighted by Crippen LogP contribution is -2.25. The molecule has 2 atom stereocenters. The fraction of sp³-hybridized carbons (Fsp3) is 0.360. The van der Waals surface area contributed by atoms with Gasteiger partial charge in [-0.2, -0.15) is 5.26 Å². The van der Waals surface area contributed by atoms with Gasteiger partial charge < -0.3 is 0 Å². The second-order valence-corrected chi connectivity index (χ2v) is 9.57. The van der Waals surface area contributed by atoms with Gasteiger partial charge in [-0.15, -0.1) is 10.2 Å². The van der Waals surface area contributed by atoms with Gasteiger partial charge >= 0.3 is 0 Å². The van der Waals surface area contributed by atoms with Gasteiger partial charge in [-0.05, 0) is 43.0 Å². The van der Waals surface area contributed by atoms with Crippen molar-refractivity contribution in [2.75, 3.05) is 0 Å². The molecular weight excluding hydrogens is 446 g/mol. The zero-order valence-corrected chi connectivity index (χ0v) is 19.8. The Balaban J connectivity index is 1.54. The summed E-state index contributed by atoms with van der Waals surface area (Å²) in [5.74, 6) is 2.29. The summed E-state index contributed by atoms with van der Waals surface area (Å²) in [6.07, 6.45) is 8.24. The van der Waals surface area contributed by atoms with Crippen LogP contribution in [0.3, 0.4) is 0 Å². The number of rotatable bonds is 6. The molecule has 0 N–H and O–H groups in total. The molecule has 1 fully saturated rings. The molecule has 0 saturated heterocycles. The van der Waals surface area contributed by atoms with E-state index in [1.807, 2.05) is 36.5 Å². The Labute approximate surface area is 201 Å². The first-order valence-electron chi connectivity index (χ1n) is 11.5. The van der Waals surface area contributed by atoms with Crippen LogP contribution in [0.15, 0.2) is 58.7 Å². The molecule has 0 unspecified atom stereocenters. The van der Waals surface area contributed by atoms with Crippen LogP contribution in [-0.4, -0.2) is 29.3 Å². The fourth-order valence-electron chi connectivity index (χ4n) is 4.73. The van der Waals surface area contributed by atoms with E-state index >= 15 is 0 Å². The lowest BCUT2D eigenvalue weighted by Gasteiger charge is -2.31. The standard InChI is InChI=1S/C25H25N7OS/c1-17-7-2-5-11-21(17)32-23(18-8-6-13-27-15-18)29-30-25(32)34-16-22-28-20-10-4-3-9-19(20)24(33)31(22)14-12-26/h3-4,6,8-10,13,15,17,21H,2,5,7,11,14,16H2,1H3/t17-,21+/m0/s1. The van der Waals surface area contributed by atoms with Gasteiger partial charge in [0.25, 0.3) is 5.56 Å². The monoisotopic (exact) mass is 471 g/mol. The van der Waals surface area contributed by atoms with Crippen LogP contribution in [0, 0.1) is 17.2 Å². The number of nitrogens with zero attached hydrogens (tertiary/aromatic N) is 7. The van der Waals surface area contributed by atoms with E-state index in [-0.39, 0.29) is 12.1 Å². The number of fused-ring (bicyclic) bond motifs is 1. The Hall–Kier alpha value is -3.51. The Morgan fingerprint density at radius 1 is 1.15 bits per heavy atom. The van der Waals surface area contributed by atoms with Gasteiger partial charge in [0.15, 0.2) is 11.0 Å². The Morgan fingerprint density at radius 3 is 2.79 bits per heavy atom. The summed E-state index contributed by atoms with van der Waals surface area (Å²) < 4.78 is 3.71. The van der Waals surface area contributed by atoms with Gasteiger partial charge in [-0.25, -0.2) is 4.98 Å². The van der Waals surface area contributed by atoms with Crippen molar-refractivity contribution in [2.24, 2.45) is 5.92 Å². The average Bonchev–Trinajstić information content (AvgIpc) is 3.29. The number of para-hydroxylation sites is 1. The topological polar surface area (TPSA) is 102 Å². The zero-order valence-electron chi connectivity index (χ0n) is 19.0. The molecule has 0 spiro atoms. The highest BCUT2D eigenvalue weighted by molar-refractivity contribution is 7.98. The molecule has 0 aliphatic heterocycles. The van der Waals surface area contributed by atoms with Crippen molar-refractivity contribution in [2.45, 2.75) is 56.1 Å². The lowest BCUT2D eigenvalue weighted by molar-refractivity contribution is 0.247. The third kappa shape index (κ3) is 4.21. The van der Waals surface area contributed by atoms with E-state index in [1.165, 1.54) is 35.6 Å². The molecule has 0 bridgehead atoms. The van der Waals surface area contributed by atoms with E-state index in [2.05, 4.69) is 32.7 Å². The minimum Gasteiger partial charge on any atom is -0.299 e. The molecule has 9 heteroatoms. The maximum absolute atomic E-state index is 13.0. The summed E-state index contributed by atoms with van der Waals surface area (Å²) in [6, 6.07) is 13.6. The van der Waals surface area contributed by atoms with E-state index < -0.39 is 0 Å². The minimum absolute atomic E-state index is 0.0418. The number of hydrogen-bond donors (Lipinski definition) is 0. The summed E-state index contributed by atoms with van der Waals surface area (Å²) >= 11 is 1.51. The van der Waals surface area contributed by atoms with Gasteiger partial charge in [0, 0.05) is 24.0 Å². The number of thioether (sulfide) groups is 1. The third-order valence-corrected chi connectivity index (χ3v) is 7.42. The predicted octanol–water partition coefficient (Wildman–Crippen LogP) is 4.62. The predicted molar refractivity (Wildman–Crippen MR) is 131 cm³/mol. The molecule has 1 saturated carbocycles. The largest absolute Gasteiger partial charge is 0.299 e. The molecule has 1 aliphatic carbocycles. The summed E-state index contributed by atoms with van der Waals surface area (Å²) in [5.41, 5.74) is 1.38. The Kier molecular flexibility index (Phi) is 6.41. The lowest BCUT2D eigenvalue weighted by atomic mass is 9.85.